The highest BCUT2D eigenvalue weighted by Crippen LogP contribution is 2.38. The smallest absolute Gasteiger partial charge is 0.328 e. The number of hydrogen-bond donors (Lipinski definition) is 1. The molecule has 1 N–H and O–H groups in total. The van der Waals surface area contributed by atoms with Crippen molar-refractivity contribution in [1.29, 1.82) is 0 Å². The second kappa shape index (κ2) is 4.68. The van der Waals surface area contributed by atoms with E-state index in [1.807, 2.05) is 4.90 Å². The van der Waals surface area contributed by atoms with Crippen LogP contribution in [0, 0.1) is 0 Å². The number of methoxy groups -OCH3 is 1. The van der Waals surface area contributed by atoms with Crippen LogP contribution in [0.3, 0.4) is 0 Å². The Labute approximate surface area is 110 Å². The van der Waals surface area contributed by atoms with Crippen molar-refractivity contribution < 1.29 is 9.53 Å². The van der Waals surface area contributed by atoms with Gasteiger partial charge < -0.3 is 14.6 Å². The van der Waals surface area contributed by atoms with Crippen LogP contribution in [0.2, 0.25) is 0 Å². The number of aromatic amines is 1. The Morgan fingerprint density at radius 2 is 2.26 bits per heavy atom. The van der Waals surface area contributed by atoms with Gasteiger partial charge in [-0.1, -0.05) is 0 Å². The molecule has 3 rings (SSSR count). The number of rotatable bonds is 3. The molecule has 1 atom stereocenters. The van der Waals surface area contributed by atoms with Gasteiger partial charge in [-0.05, 0) is 25.7 Å². The number of H-pyrrole nitrogens is 1. The van der Waals surface area contributed by atoms with E-state index in [0.717, 1.165) is 38.1 Å². The molecule has 0 radical (unpaired) electrons. The molecule has 1 unspecified atom stereocenters. The molecule has 1 aromatic heterocycles. The standard InChI is InChI=1S/C13H17N3O3/c1-19-13(18)9-3-2-6-16(9)10-7-11(17)15-12(14-10)8-4-5-8/h7-9H,2-6H2,1H3,(H,14,15,17). The zero-order valence-electron chi connectivity index (χ0n) is 10.9. The molecular weight excluding hydrogens is 246 g/mol. The summed E-state index contributed by atoms with van der Waals surface area (Å²) in [5.41, 5.74) is -0.151. The van der Waals surface area contributed by atoms with Gasteiger partial charge in [-0.15, -0.1) is 0 Å². The highest BCUT2D eigenvalue weighted by Gasteiger charge is 2.34. The fourth-order valence-electron chi connectivity index (χ4n) is 2.58. The van der Waals surface area contributed by atoms with Gasteiger partial charge >= 0.3 is 5.97 Å². The fourth-order valence-corrected chi connectivity index (χ4v) is 2.58. The topological polar surface area (TPSA) is 75.3 Å². The Morgan fingerprint density at radius 1 is 1.47 bits per heavy atom. The van der Waals surface area contributed by atoms with Gasteiger partial charge in [0.2, 0.25) is 0 Å². The Hall–Kier alpha value is -1.85. The third kappa shape index (κ3) is 2.34. The SMILES string of the molecule is COC(=O)C1CCCN1c1cc(=O)[nH]c(C2CC2)n1. The quantitative estimate of drug-likeness (QED) is 0.816. The number of ether oxygens (including phenoxy) is 1. The molecule has 6 nitrogen and oxygen atoms in total. The molecule has 1 saturated heterocycles. The van der Waals surface area contributed by atoms with Crippen molar-refractivity contribution in [3.8, 4) is 0 Å². The van der Waals surface area contributed by atoms with E-state index >= 15 is 0 Å². The van der Waals surface area contributed by atoms with Crippen molar-refractivity contribution in [1.82, 2.24) is 9.97 Å². The molecule has 2 heterocycles. The number of nitrogens with zero attached hydrogens (tertiary/aromatic N) is 2. The minimum Gasteiger partial charge on any atom is -0.467 e. The van der Waals surface area contributed by atoms with Crippen molar-refractivity contribution in [3.63, 3.8) is 0 Å². The van der Waals surface area contributed by atoms with Gasteiger partial charge in [-0.3, -0.25) is 4.79 Å². The number of aromatic nitrogens is 2. The van der Waals surface area contributed by atoms with E-state index in [4.69, 9.17) is 4.74 Å². The summed E-state index contributed by atoms with van der Waals surface area (Å²) < 4.78 is 4.81. The zero-order valence-corrected chi connectivity index (χ0v) is 10.9. The summed E-state index contributed by atoms with van der Waals surface area (Å²) >= 11 is 0. The van der Waals surface area contributed by atoms with Crippen molar-refractivity contribution in [3.05, 3.63) is 22.2 Å². The van der Waals surface area contributed by atoms with E-state index in [1.165, 1.54) is 13.2 Å². The predicted molar refractivity (Wildman–Crippen MR) is 69.2 cm³/mol. The summed E-state index contributed by atoms with van der Waals surface area (Å²) in [5.74, 6) is 1.47. The van der Waals surface area contributed by atoms with Crippen LogP contribution in [0.4, 0.5) is 5.82 Å². The third-order valence-electron chi connectivity index (χ3n) is 3.73. The van der Waals surface area contributed by atoms with E-state index in [-0.39, 0.29) is 17.6 Å². The summed E-state index contributed by atoms with van der Waals surface area (Å²) in [6.07, 6.45) is 3.81. The van der Waals surface area contributed by atoms with Crippen molar-refractivity contribution >= 4 is 11.8 Å². The molecule has 2 fully saturated rings. The number of carbonyl (C=O) groups is 1. The van der Waals surface area contributed by atoms with Crippen LogP contribution in [0.5, 0.6) is 0 Å². The molecular formula is C13H17N3O3. The predicted octanol–water partition coefficient (Wildman–Crippen LogP) is 0.789. The second-order valence-corrected chi connectivity index (χ2v) is 5.14. The largest absolute Gasteiger partial charge is 0.467 e. The van der Waals surface area contributed by atoms with Crippen molar-refractivity contribution in [2.75, 3.05) is 18.6 Å². The maximum absolute atomic E-state index is 11.7. The highest BCUT2D eigenvalue weighted by atomic mass is 16.5. The van der Waals surface area contributed by atoms with Gasteiger partial charge in [0.05, 0.1) is 7.11 Å². The molecule has 6 heteroatoms. The number of nitrogens with one attached hydrogen (secondary N) is 1. The van der Waals surface area contributed by atoms with E-state index in [0.29, 0.717) is 11.7 Å². The first kappa shape index (κ1) is 12.2. The van der Waals surface area contributed by atoms with E-state index in [1.54, 1.807) is 0 Å². The minimum absolute atomic E-state index is 0.151. The van der Waals surface area contributed by atoms with E-state index < -0.39 is 0 Å². The summed E-state index contributed by atoms with van der Waals surface area (Å²) in [6, 6.07) is 1.15. The molecule has 0 amide bonds. The Balaban J connectivity index is 1.92. The summed E-state index contributed by atoms with van der Waals surface area (Å²) in [4.78, 5) is 32.6. The van der Waals surface area contributed by atoms with Crippen LogP contribution in [0.25, 0.3) is 0 Å². The van der Waals surface area contributed by atoms with Crippen LogP contribution in [0.15, 0.2) is 10.9 Å². The molecule has 1 saturated carbocycles. The Kier molecular flexibility index (Phi) is 3.00. The van der Waals surface area contributed by atoms with Crippen molar-refractivity contribution in [2.24, 2.45) is 0 Å². The highest BCUT2D eigenvalue weighted by molar-refractivity contribution is 5.80. The van der Waals surface area contributed by atoms with Gasteiger partial charge in [0.25, 0.3) is 5.56 Å². The first-order chi connectivity index (χ1) is 9.19. The molecule has 0 aromatic carbocycles. The average Bonchev–Trinajstić information content (AvgIpc) is 3.14. The third-order valence-corrected chi connectivity index (χ3v) is 3.73. The maximum atomic E-state index is 11.7. The fraction of sp³-hybridized carbons (Fsp3) is 0.615. The molecule has 19 heavy (non-hydrogen) atoms. The summed E-state index contributed by atoms with van der Waals surface area (Å²) in [6.45, 7) is 0.736. The maximum Gasteiger partial charge on any atom is 0.328 e. The molecule has 0 spiro atoms. The van der Waals surface area contributed by atoms with Gasteiger partial charge in [0, 0.05) is 18.5 Å². The molecule has 1 aliphatic heterocycles. The lowest BCUT2D eigenvalue weighted by molar-refractivity contribution is -0.141. The molecule has 0 bridgehead atoms. The van der Waals surface area contributed by atoms with Crippen LogP contribution in [-0.2, 0) is 9.53 Å². The molecule has 102 valence electrons. The van der Waals surface area contributed by atoms with Gasteiger partial charge in [0.15, 0.2) is 0 Å². The second-order valence-electron chi connectivity index (χ2n) is 5.14. The summed E-state index contributed by atoms with van der Waals surface area (Å²) in [5, 5.41) is 0. The number of esters is 1. The van der Waals surface area contributed by atoms with E-state index in [9.17, 15) is 9.59 Å². The summed E-state index contributed by atoms with van der Waals surface area (Å²) in [7, 11) is 1.39. The monoisotopic (exact) mass is 263 g/mol. The van der Waals surface area contributed by atoms with Gasteiger partial charge in [0.1, 0.15) is 17.7 Å². The Morgan fingerprint density at radius 3 is 2.95 bits per heavy atom. The first-order valence-corrected chi connectivity index (χ1v) is 6.65. The lowest BCUT2D eigenvalue weighted by Crippen LogP contribution is -2.38. The number of carbonyl (C=O) groups excluding carboxylic acids is 1. The van der Waals surface area contributed by atoms with Gasteiger partial charge in [-0.25, -0.2) is 9.78 Å². The van der Waals surface area contributed by atoms with Crippen LogP contribution in [-0.4, -0.2) is 35.6 Å². The van der Waals surface area contributed by atoms with Gasteiger partial charge in [-0.2, -0.15) is 0 Å². The average molecular weight is 263 g/mol. The zero-order chi connectivity index (χ0) is 13.4. The lowest BCUT2D eigenvalue weighted by Gasteiger charge is -2.23. The lowest BCUT2D eigenvalue weighted by atomic mass is 10.2. The molecule has 1 aromatic rings. The van der Waals surface area contributed by atoms with Crippen molar-refractivity contribution in [2.45, 2.75) is 37.6 Å². The molecule has 2 aliphatic rings. The number of anilines is 1. The minimum atomic E-state index is -0.314. The Bertz CT molecular complexity index is 550. The van der Waals surface area contributed by atoms with E-state index in [2.05, 4.69) is 9.97 Å². The number of hydrogen-bond acceptors (Lipinski definition) is 5. The van der Waals surface area contributed by atoms with Crippen LogP contribution >= 0.6 is 0 Å². The normalized spacial score (nSPS) is 22.6. The van der Waals surface area contributed by atoms with Crippen LogP contribution < -0.4 is 10.5 Å². The first-order valence-electron chi connectivity index (χ1n) is 6.65. The molecule has 1 aliphatic carbocycles. The van der Waals surface area contributed by atoms with Crippen LogP contribution in [0.1, 0.15) is 37.4 Å².